The van der Waals surface area contributed by atoms with E-state index in [9.17, 15) is 18.0 Å². The molecule has 5 heteroatoms. The van der Waals surface area contributed by atoms with Gasteiger partial charge >= 0.3 is 0 Å². The Hall–Kier alpha value is -1.03. The van der Waals surface area contributed by atoms with Gasteiger partial charge in [-0.1, -0.05) is 0 Å². The molecule has 0 spiro atoms. The van der Waals surface area contributed by atoms with Crippen LogP contribution >= 0.6 is 11.6 Å². The molecule has 0 saturated carbocycles. The minimum atomic E-state index is -1.58. The smallest absolute Gasteiger partial charge is 0.194 e. The van der Waals surface area contributed by atoms with Crippen LogP contribution in [0.5, 0.6) is 0 Å². The third-order valence-corrected chi connectivity index (χ3v) is 1.82. The first-order valence-electron chi connectivity index (χ1n) is 3.80. The van der Waals surface area contributed by atoms with Crippen LogP contribution in [0.1, 0.15) is 16.8 Å². The fourth-order valence-corrected chi connectivity index (χ4v) is 1.12. The Morgan fingerprint density at radius 3 is 2.14 bits per heavy atom. The van der Waals surface area contributed by atoms with Gasteiger partial charge in [-0.2, -0.15) is 0 Å². The van der Waals surface area contributed by atoms with E-state index in [1.807, 2.05) is 0 Å². The molecule has 0 bridgehead atoms. The number of halogens is 4. The number of Topliss-reactive ketones (excluding diaryl/α,β-unsaturated/α-hetero) is 1. The van der Waals surface area contributed by atoms with E-state index in [2.05, 4.69) is 0 Å². The van der Waals surface area contributed by atoms with E-state index in [0.29, 0.717) is 12.1 Å². The molecule has 1 rings (SSSR count). The lowest BCUT2D eigenvalue weighted by atomic mass is 10.1. The molecule has 0 fully saturated rings. The largest absolute Gasteiger partial charge is 0.294 e. The van der Waals surface area contributed by atoms with Crippen molar-refractivity contribution in [2.75, 3.05) is 5.88 Å². The van der Waals surface area contributed by atoms with Crippen molar-refractivity contribution >= 4 is 17.4 Å². The van der Waals surface area contributed by atoms with Gasteiger partial charge in [0, 0.05) is 17.9 Å². The molecule has 0 heterocycles. The zero-order valence-electron chi connectivity index (χ0n) is 6.99. The van der Waals surface area contributed by atoms with E-state index in [1.54, 1.807) is 0 Å². The molecule has 0 aliphatic carbocycles. The average Bonchev–Trinajstić information content (AvgIpc) is 2.13. The van der Waals surface area contributed by atoms with Crippen molar-refractivity contribution in [1.29, 1.82) is 0 Å². The summed E-state index contributed by atoms with van der Waals surface area (Å²) in [6.07, 6.45) is -0.0356. The maximum atomic E-state index is 12.6. The molecule has 0 unspecified atom stereocenters. The van der Waals surface area contributed by atoms with Crippen LogP contribution in [0.4, 0.5) is 13.2 Å². The molecule has 0 atom stereocenters. The number of ketones is 1. The summed E-state index contributed by atoms with van der Waals surface area (Å²) in [4.78, 5) is 11.1. The number of hydrogen-bond acceptors (Lipinski definition) is 1. The first kappa shape index (κ1) is 11.0. The van der Waals surface area contributed by atoms with Crippen molar-refractivity contribution < 1.29 is 18.0 Å². The molecule has 14 heavy (non-hydrogen) atoms. The van der Waals surface area contributed by atoms with E-state index < -0.39 is 23.2 Å². The Morgan fingerprint density at radius 1 is 1.21 bits per heavy atom. The van der Waals surface area contributed by atoms with E-state index in [4.69, 9.17) is 11.6 Å². The molecule has 0 aliphatic rings. The minimum Gasteiger partial charge on any atom is -0.294 e. The van der Waals surface area contributed by atoms with Crippen molar-refractivity contribution in [2.45, 2.75) is 6.42 Å². The summed E-state index contributed by atoms with van der Waals surface area (Å²) in [6, 6.07) is 1.32. The van der Waals surface area contributed by atoms with Crippen LogP contribution in [0, 0.1) is 17.5 Å². The molecule has 76 valence electrons. The summed E-state index contributed by atoms with van der Waals surface area (Å²) >= 11 is 5.27. The van der Waals surface area contributed by atoms with E-state index in [-0.39, 0.29) is 17.9 Å². The van der Waals surface area contributed by atoms with Crippen LogP contribution in [0.3, 0.4) is 0 Å². The summed E-state index contributed by atoms with van der Waals surface area (Å²) in [7, 11) is 0. The number of benzene rings is 1. The van der Waals surface area contributed by atoms with Crippen molar-refractivity contribution in [3.63, 3.8) is 0 Å². The first-order valence-corrected chi connectivity index (χ1v) is 4.33. The van der Waals surface area contributed by atoms with Gasteiger partial charge in [0.1, 0.15) is 0 Å². The van der Waals surface area contributed by atoms with Gasteiger partial charge in [0.25, 0.3) is 0 Å². The van der Waals surface area contributed by atoms with Crippen LogP contribution in [-0.4, -0.2) is 11.7 Å². The zero-order chi connectivity index (χ0) is 10.7. The van der Waals surface area contributed by atoms with Crippen molar-refractivity contribution in [1.82, 2.24) is 0 Å². The van der Waals surface area contributed by atoms with Crippen molar-refractivity contribution in [3.05, 3.63) is 35.1 Å². The number of hydrogen-bond donors (Lipinski definition) is 0. The van der Waals surface area contributed by atoms with Gasteiger partial charge in [0.15, 0.2) is 23.2 Å². The first-order chi connectivity index (χ1) is 6.56. The van der Waals surface area contributed by atoms with Gasteiger partial charge in [-0.25, -0.2) is 13.2 Å². The molecule has 0 amide bonds. The van der Waals surface area contributed by atoms with E-state index in [0.717, 1.165) is 0 Å². The highest BCUT2D eigenvalue weighted by Gasteiger charge is 2.14. The highest BCUT2D eigenvalue weighted by atomic mass is 35.5. The summed E-state index contributed by atoms with van der Waals surface area (Å²) in [5.74, 6) is -4.78. The average molecular weight is 223 g/mol. The predicted molar refractivity (Wildman–Crippen MR) is 46.0 cm³/mol. The maximum absolute atomic E-state index is 12.6. The second-order valence-electron chi connectivity index (χ2n) is 2.62. The van der Waals surface area contributed by atoms with Crippen LogP contribution in [-0.2, 0) is 0 Å². The number of carbonyl (C=O) groups excluding carboxylic acids is 1. The lowest BCUT2D eigenvalue weighted by Crippen LogP contribution is -2.03. The standard InChI is InChI=1S/C9H6ClF3O/c10-2-1-8(14)5-3-6(11)9(13)7(12)4-5/h3-4H,1-2H2. The minimum absolute atomic E-state index is 0.0356. The molecular weight excluding hydrogens is 217 g/mol. The lowest BCUT2D eigenvalue weighted by molar-refractivity contribution is 0.0988. The second-order valence-corrected chi connectivity index (χ2v) is 2.99. The second kappa shape index (κ2) is 4.46. The van der Waals surface area contributed by atoms with Crippen LogP contribution < -0.4 is 0 Å². The van der Waals surface area contributed by atoms with Crippen LogP contribution in [0.15, 0.2) is 12.1 Å². The Labute approximate surface area is 83.5 Å². The fourth-order valence-electron chi connectivity index (χ4n) is 0.947. The van der Waals surface area contributed by atoms with Crippen LogP contribution in [0.2, 0.25) is 0 Å². The fraction of sp³-hybridized carbons (Fsp3) is 0.222. The summed E-state index contributed by atoms with van der Waals surface area (Å²) in [6.45, 7) is 0. The van der Waals surface area contributed by atoms with E-state index >= 15 is 0 Å². The summed E-state index contributed by atoms with van der Waals surface area (Å²) in [5.41, 5.74) is -0.206. The highest BCUT2D eigenvalue weighted by Crippen LogP contribution is 2.14. The van der Waals surface area contributed by atoms with Crippen molar-refractivity contribution in [2.24, 2.45) is 0 Å². The van der Waals surface area contributed by atoms with E-state index in [1.165, 1.54) is 0 Å². The summed E-state index contributed by atoms with van der Waals surface area (Å²) in [5, 5.41) is 0. The van der Waals surface area contributed by atoms with Gasteiger partial charge in [-0.05, 0) is 12.1 Å². The predicted octanol–water partition coefficient (Wildman–Crippen LogP) is 2.92. The molecular formula is C9H6ClF3O. The number of alkyl halides is 1. The normalized spacial score (nSPS) is 10.3. The molecule has 1 aromatic carbocycles. The molecule has 0 aromatic heterocycles. The summed E-state index contributed by atoms with van der Waals surface area (Å²) < 4.78 is 37.8. The Balaban J connectivity index is 3.06. The Bertz CT molecular complexity index is 342. The number of rotatable bonds is 3. The van der Waals surface area contributed by atoms with Crippen LogP contribution in [0.25, 0.3) is 0 Å². The SMILES string of the molecule is O=C(CCCl)c1cc(F)c(F)c(F)c1. The molecule has 1 aromatic rings. The Kier molecular flexibility index (Phi) is 3.52. The van der Waals surface area contributed by atoms with Gasteiger partial charge < -0.3 is 0 Å². The quantitative estimate of drug-likeness (QED) is 0.437. The molecule has 0 N–H and O–H groups in total. The molecule has 0 saturated heterocycles. The zero-order valence-corrected chi connectivity index (χ0v) is 7.74. The topological polar surface area (TPSA) is 17.1 Å². The van der Waals surface area contributed by atoms with Gasteiger partial charge in [0.2, 0.25) is 0 Å². The lowest BCUT2D eigenvalue weighted by Gasteiger charge is -2.00. The highest BCUT2D eigenvalue weighted by molar-refractivity contribution is 6.19. The number of carbonyl (C=O) groups is 1. The Morgan fingerprint density at radius 2 is 1.71 bits per heavy atom. The maximum Gasteiger partial charge on any atom is 0.194 e. The van der Waals surface area contributed by atoms with Gasteiger partial charge in [0.05, 0.1) is 0 Å². The van der Waals surface area contributed by atoms with Gasteiger partial charge in [-0.3, -0.25) is 4.79 Å². The van der Waals surface area contributed by atoms with Gasteiger partial charge in [-0.15, -0.1) is 11.6 Å². The third-order valence-electron chi connectivity index (χ3n) is 1.63. The van der Waals surface area contributed by atoms with Crippen molar-refractivity contribution in [3.8, 4) is 0 Å². The monoisotopic (exact) mass is 222 g/mol. The molecule has 0 aliphatic heterocycles. The molecule has 1 nitrogen and oxygen atoms in total. The third kappa shape index (κ3) is 2.26. The molecule has 0 radical (unpaired) electrons.